The number of amides is 2. The van der Waals surface area contributed by atoms with Crippen LogP contribution in [0.1, 0.15) is 27.5 Å². The topological polar surface area (TPSA) is 72.5 Å². The summed E-state index contributed by atoms with van der Waals surface area (Å²) in [4.78, 5) is 41.5. The third kappa shape index (κ3) is 4.11. The van der Waals surface area contributed by atoms with Crippen LogP contribution in [0.2, 0.25) is 0 Å². The van der Waals surface area contributed by atoms with E-state index in [0.29, 0.717) is 31.7 Å². The van der Waals surface area contributed by atoms with E-state index in [9.17, 15) is 9.59 Å². The first kappa shape index (κ1) is 24.2. The lowest BCUT2D eigenvalue weighted by Gasteiger charge is -2.36. The molecule has 0 spiro atoms. The summed E-state index contributed by atoms with van der Waals surface area (Å²) in [5.74, 6) is 0.783. The third-order valence-corrected chi connectivity index (χ3v) is 8.05. The first-order chi connectivity index (χ1) is 19.7. The molecule has 0 bridgehead atoms. The van der Waals surface area contributed by atoms with Crippen LogP contribution in [-0.4, -0.2) is 64.3 Å². The van der Waals surface area contributed by atoms with Gasteiger partial charge in [0.25, 0.3) is 5.91 Å². The Balaban J connectivity index is 1.24. The highest BCUT2D eigenvalue weighted by Crippen LogP contribution is 2.45. The SMILES string of the molecule is O=C(CN1C(=O)c2ccccc2[C@H]1c1c(-c2ccccc2)[nH]c2ccccc12)N1CCN(c2ccccn2)CC1. The van der Waals surface area contributed by atoms with Crippen molar-refractivity contribution in [1.29, 1.82) is 0 Å². The number of para-hydroxylation sites is 1. The molecule has 7 nitrogen and oxygen atoms in total. The zero-order valence-electron chi connectivity index (χ0n) is 22.0. The zero-order chi connectivity index (χ0) is 27.1. The Kier molecular flexibility index (Phi) is 6.04. The standard InChI is InChI=1S/C33H29N5O2/c39-29(37-20-18-36(19-21-37)28-16-8-9-17-34-28)22-38-32(24-12-4-5-13-25(24)33(38)40)30-26-14-6-7-15-27(26)35-31(30)23-10-2-1-3-11-23/h1-17,32,35H,18-22H2/t32-/m0/s1. The molecule has 198 valence electrons. The number of piperazine rings is 1. The van der Waals surface area contributed by atoms with Crippen molar-refractivity contribution in [2.45, 2.75) is 6.04 Å². The van der Waals surface area contributed by atoms with Crippen molar-refractivity contribution in [3.05, 3.63) is 120 Å². The monoisotopic (exact) mass is 527 g/mol. The van der Waals surface area contributed by atoms with Crippen LogP contribution in [0.25, 0.3) is 22.2 Å². The Morgan fingerprint density at radius 3 is 2.35 bits per heavy atom. The number of nitrogens with zero attached hydrogens (tertiary/aromatic N) is 4. The second-order valence-electron chi connectivity index (χ2n) is 10.3. The lowest BCUT2D eigenvalue weighted by atomic mass is 9.93. The van der Waals surface area contributed by atoms with Gasteiger partial charge in [-0.1, -0.05) is 72.8 Å². The molecule has 2 aliphatic rings. The van der Waals surface area contributed by atoms with Crippen LogP contribution in [-0.2, 0) is 4.79 Å². The number of aromatic nitrogens is 2. The Labute approximate surface area is 232 Å². The minimum absolute atomic E-state index is 0.0233. The van der Waals surface area contributed by atoms with Crippen LogP contribution in [0.15, 0.2) is 103 Å². The average molecular weight is 528 g/mol. The van der Waals surface area contributed by atoms with Gasteiger partial charge < -0.3 is 19.7 Å². The Morgan fingerprint density at radius 2 is 1.55 bits per heavy atom. The molecule has 1 atom stereocenters. The first-order valence-electron chi connectivity index (χ1n) is 13.7. The molecule has 3 aromatic carbocycles. The second-order valence-corrected chi connectivity index (χ2v) is 10.3. The number of fused-ring (bicyclic) bond motifs is 2. The summed E-state index contributed by atoms with van der Waals surface area (Å²) in [6, 6.07) is 31.6. The molecule has 4 heterocycles. The molecule has 0 unspecified atom stereocenters. The van der Waals surface area contributed by atoms with Gasteiger partial charge in [-0.2, -0.15) is 0 Å². The van der Waals surface area contributed by atoms with E-state index in [1.54, 1.807) is 11.1 Å². The molecule has 1 saturated heterocycles. The molecule has 2 aliphatic heterocycles. The van der Waals surface area contributed by atoms with Crippen LogP contribution in [0.4, 0.5) is 5.82 Å². The van der Waals surface area contributed by atoms with Gasteiger partial charge in [0.2, 0.25) is 5.91 Å². The van der Waals surface area contributed by atoms with Gasteiger partial charge in [-0.05, 0) is 35.4 Å². The quantitative estimate of drug-likeness (QED) is 0.344. The van der Waals surface area contributed by atoms with Crippen molar-refractivity contribution in [3.63, 3.8) is 0 Å². The Hall–Kier alpha value is -4.91. The molecule has 1 fully saturated rings. The van der Waals surface area contributed by atoms with E-state index in [1.165, 1.54) is 0 Å². The summed E-state index contributed by atoms with van der Waals surface area (Å²) in [5, 5.41) is 1.05. The maximum absolute atomic E-state index is 13.9. The van der Waals surface area contributed by atoms with Gasteiger partial charge in [0.1, 0.15) is 12.4 Å². The van der Waals surface area contributed by atoms with Crippen molar-refractivity contribution in [1.82, 2.24) is 19.8 Å². The minimum atomic E-state index is -0.381. The summed E-state index contributed by atoms with van der Waals surface area (Å²) < 4.78 is 0. The van der Waals surface area contributed by atoms with Gasteiger partial charge in [0.05, 0.1) is 11.7 Å². The predicted octanol–water partition coefficient (Wildman–Crippen LogP) is 5.12. The van der Waals surface area contributed by atoms with E-state index in [-0.39, 0.29) is 24.4 Å². The number of carbonyl (C=O) groups is 2. The van der Waals surface area contributed by atoms with Gasteiger partial charge in [-0.25, -0.2) is 4.98 Å². The highest BCUT2D eigenvalue weighted by molar-refractivity contribution is 6.03. The molecule has 2 amide bonds. The summed E-state index contributed by atoms with van der Waals surface area (Å²) in [7, 11) is 0. The minimum Gasteiger partial charge on any atom is -0.354 e. The molecule has 2 aromatic heterocycles. The zero-order valence-corrected chi connectivity index (χ0v) is 22.0. The Morgan fingerprint density at radius 1 is 0.825 bits per heavy atom. The normalized spacial score (nSPS) is 16.9. The van der Waals surface area contributed by atoms with Crippen LogP contribution in [0.5, 0.6) is 0 Å². The van der Waals surface area contributed by atoms with E-state index in [4.69, 9.17) is 0 Å². The predicted molar refractivity (Wildman–Crippen MR) is 156 cm³/mol. The van der Waals surface area contributed by atoms with E-state index < -0.39 is 0 Å². The van der Waals surface area contributed by atoms with Gasteiger partial charge in [-0.15, -0.1) is 0 Å². The summed E-state index contributed by atoms with van der Waals surface area (Å²) in [5.41, 5.74) is 5.63. The number of aromatic amines is 1. The molecule has 40 heavy (non-hydrogen) atoms. The molecule has 1 N–H and O–H groups in total. The number of benzene rings is 3. The molecule has 7 heteroatoms. The fourth-order valence-electron chi connectivity index (χ4n) is 6.10. The number of H-pyrrole nitrogens is 1. The molecular formula is C33H29N5O2. The molecular weight excluding hydrogens is 498 g/mol. The second kappa shape index (κ2) is 10.0. The molecule has 7 rings (SSSR count). The van der Waals surface area contributed by atoms with Crippen LogP contribution in [0.3, 0.4) is 0 Å². The van der Waals surface area contributed by atoms with Gasteiger partial charge >= 0.3 is 0 Å². The van der Waals surface area contributed by atoms with E-state index in [2.05, 4.69) is 39.1 Å². The van der Waals surface area contributed by atoms with Gasteiger partial charge in [0.15, 0.2) is 0 Å². The van der Waals surface area contributed by atoms with Crippen molar-refractivity contribution in [2.24, 2.45) is 0 Å². The maximum atomic E-state index is 13.9. The number of anilines is 1. The highest BCUT2D eigenvalue weighted by atomic mass is 16.2. The van der Waals surface area contributed by atoms with Crippen molar-refractivity contribution < 1.29 is 9.59 Å². The smallest absolute Gasteiger partial charge is 0.255 e. The van der Waals surface area contributed by atoms with E-state index in [0.717, 1.165) is 39.1 Å². The Bertz CT molecular complexity index is 1690. The van der Waals surface area contributed by atoms with Gasteiger partial charge in [-0.3, -0.25) is 9.59 Å². The number of hydrogen-bond donors (Lipinski definition) is 1. The molecule has 5 aromatic rings. The summed E-state index contributed by atoms with van der Waals surface area (Å²) >= 11 is 0. The van der Waals surface area contributed by atoms with Crippen LogP contribution in [0, 0.1) is 0 Å². The van der Waals surface area contributed by atoms with Crippen LogP contribution < -0.4 is 4.90 Å². The maximum Gasteiger partial charge on any atom is 0.255 e. The van der Waals surface area contributed by atoms with Crippen molar-refractivity contribution >= 4 is 28.5 Å². The number of pyridine rings is 1. The highest BCUT2D eigenvalue weighted by Gasteiger charge is 2.41. The fourth-order valence-corrected chi connectivity index (χ4v) is 6.10. The fraction of sp³-hybridized carbons (Fsp3) is 0.182. The summed E-state index contributed by atoms with van der Waals surface area (Å²) in [6.07, 6.45) is 1.79. The molecule has 0 radical (unpaired) electrons. The first-order valence-corrected chi connectivity index (χ1v) is 13.7. The molecule has 0 aliphatic carbocycles. The van der Waals surface area contributed by atoms with Crippen molar-refractivity contribution in [3.8, 4) is 11.3 Å². The summed E-state index contributed by atoms with van der Waals surface area (Å²) in [6.45, 7) is 2.63. The van der Waals surface area contributed by atoms with E-state index in [1.807, 2.05) is 77.7 Å². The number of hydrogen-bond acceptors (Lipinski definition) is 4. The van der Waals surface area contributed by atoms with Crippen molar-refractivity contribution in [2.75, 3.05) is 37.6 Å². The molecule has 0 saturated carbocycles. The number of carbonyl (C=O) groups excluding carboxylic acids is 2. The van der Waals surface area contributed by atoms with E-state index >= 15 is 0 Å². The van der Waals surface area contributed by atoms with Gasteiger partial charge in [0, 0.05) is 54.4 Å². The average Bonchev–Trinajstić information content (AvgIpc) is 3.53. The lowest BCUT2D eigenvalue weighted by Crippen LogP contribution is -2.51. The largest absolute Gasteiger partial charge is 0.354 e. The number of nitrogens with one attached hydrogen (secondary N) is 1. The third-order valence-electron chi connectivity index (χ3n) is 8.05. The number of rotatable bonds is 5. The lowest BCUT2D eigenvalue weighted by molar-refractivity contribution is -0.132. The van der Waals surface area contributed by atoms with Crippen LogP contribution >= 0.6 is 0 Å².